The molecule has 0 radical (unpaired) electrons. The predicted molar refractivity (Wildman–Crippen MR) is 84.1 cm³/mol. The van der Waals surface area contributed by atoms with Crippen LogP contribution >= 0.6 is 27.5 Å². The molecule has 0 amide bonds. The van der Waals surface area contributed by atoms with Crippen LogP contribution in [-0.2, 0) is 4.74 Å². The van der Waals surface area contributed by atoms with Crippen LogP contribution in [0.1, 0.15) is 24.4 Å². The summed E-state index contributed by atoms with van der Waals surface area (Å²) in [6.45, 7) is 2.28. The number of guanidine groups is 1. The summed E-state index contributed by atoms with van der Waals surface area (Å²) in [6.07, 6.45) is 2.46. The fourth-order valence-electron chi connectivity index (χ4n) is 2.80. The molecule has 0 aliphatic carbocycles. The molecule has 1 aromatic rings. The number of hydrogen-bond donors (Lipinski definition) is 1. The maximum Gasteiger partial charge on any atom is 0.192 e. The Morgan fingerprint density at radius 3 is 3.05 bits per heavy atom. The van der Waals surface area contributed by atoms with Crippen molar-refractivity contribution in [3.63, 3.8) is 0 Å². The molecular weight excluding hydrogens is 342 g/mol. The molecule has 0 spiro atoms. The minimum Gasteiger partial charge on any atom is -0.376 e. The van der Waals surface area contributed by atoms with Crippen molar-refractivity contribution in [2.24, 2.45) is 10.7 Å². The van der Waals surface area contributed by atoms with Crippen LogP contribution in [0.15, 0.2) is 27.7 Å². The third kappa shape index (κ3) is 2.80. The fraction of sp³-hybridized carbons (Fsp3) is 0.500. The number of nitrogens with two attached hydrogens (primary N) is 1. The SMILES string of the molecule is NC1=NCC(c2ccc(Br)cc2Cl)N1CC1CCCO1. The first-order valence-corrected chi connectivity index (χ1v) is 7.95. The van der Waals surface area contributed by atoms with Crippen LogP contribution in [0.25, 0.3) is 0 Å². The van der Waals surface area contributed by atoms with Crippen molar-refractivity contribution in [2.75, 3.05) is 19.7 Å². The van der Waals surface area contributed by atoms with Gasteiger partial charge in [0.15, 0.2) is 5.96 Å². The van der Waals surface area contributed by atoms with Gasteiger partial charge in [0.25, 0.3) is 0 Å². The molecule has 20 heavy (non-hydrogen) atoms. The van der Waals surface area contributed by atoms with E-state index in [1.807, 2.05) is 18.2 Å². The van der Waals surface area contributed by atoms with Crippen LogP contribution in [-0.4, -0.2) is 36.7 Å². The molecule has 2 N–H and O–H groups in total. The van der Waals surface area contributed by atoms with Crippen molar-refractivity contribution >= 4 is 33.5 Å². The average Bonchev–Trinajstić information content (AvgIpc) is 3.03. The van der Waals surface area contributed by atoms with E-state index in [1.54, 1.807) is 0 Å². The van der Waals surface area contributed by atoms with E-state index in [0.717, 1.165) is 41.1 Å². The molecule has 0 aromatic heterocycles. The quantitative estimate of drug-likeness (QED) is 0.904. The summed E-state index contributed by atoms with van der Waals surface area (Å²) < 4.78 is 6.68. The van der Waals surface area contributed by atoms with Gasteiger partial charge in [0.2, 0.25) is 0 Å². The first kappa shape index (κ1) is 14.2. The van der Waals surface area contributed by atoms with E-state index >= 15 is 0 Å². The molecule has 2 aliphatic rings. The summed E-state index contributed by atoms with van der Waals surface area (Å²) in [4.78, 5) is 6.49. The van der Waals surface area contributed by atoms with Gasteiger partial charge >= 0.3 is 0 Å². The molecule has 4 nitrogen and oxygen atoms in total. The van der Waals surface area contributed by atoms with Crippen molar-refractivity contribution in [2.45, 2.75) is 25.0 Å². The third-order valence-electron chi connectivity index (χ3n) is 3.84. The highest BCUT2D eigenvalue weighted by atomic mass is 79.9. The largest absolute Gasteiger partial charge is 0.376 e. The van der Waals surface area contributed by atoms with Crippen molar-refractivity contribution < 1.29 is 4.74 Å². The van der Waals surface area contributed by atoms with E-state index in [0.29, 0.717) is 12.5 Å². The minimum atomic E-state index is 0.111. The van der Waals surface area contributed by atoms with Gasteiger partial charge in [-0.25, -0.2) is 0 Å². The number of hydrogen-bond acceptors (Lipinski definition) is 4. The van der Waals surface area contributed by atoms with Crippen LogP contribution < -0.4 is 5.73 Å². The van der Waals surface area contributed by atoms with Crippen LogP contribution in [0.5, 0.6) is 0 Å². The number of halogens is 2. The van der Waals surface area contributed by atoms with E-state index in [2.05, 4.69) is 25.8 Å². The van der Waals surface area contributed by atoms with Gasteiger partial charge in [-0.15, -0.1) is 0 Å². The zero-order chi connectivity index (χ0) is 14.1. The van der Waals surface area contributed by atoms with Gasteiger partial charge in [-0.1, -0.05) is 33.6 Å². The summed E-state index contributed by atoms with van der Waals surface area (Å²) in [5.74, 6) is 0.587. The highest BCUT2D eigenvalue weighted by Gasteiger charge is 2.31. The first-order chi connectivity index (χ1) is 9.65. The molecule has 108 valence electrons. The zero-order valence-corrected chi connectivity index (χ0v) is 13.4. The summed E-state index contributed by atoms with van der Waals surface area (Å²) in [5, 5.41) is 0.742. The lowest BCUT2D eigenvalue weighted by Crippen LogP contribution is -2.41. The third-order valence-corrected chi connectivity index (χ3v) is 4.66. The number of rotatable bonds is 3. The molecule has 0 saturated carbocycles. The molecule has 2 unspecified atom stereocenters. The highest BCUT2D eigenvalue weighted by Crippen LogP contribution is 2.33. The fourth-order valence-corrected chi connectivity index (χ4v) is 3.59. The van der Waals surface area contributed by atoms with Crippen molar-refractivity contribution in [3.8, 4) is 0 Å². The lowest BCUT2D eigenvalue weighted by Gasteiger charge is -2.29. The lowest BCUT2D eigenvalue weighted by atomic mass is 10.1. The topological polar surface area (TPSA) is 50.8 Å². The summed E-state index contributed by atoms with van der Waals surface area (Å²) in [6, 6.07) is 6.06. The van der Waals surface area contributed by atoms with Gasteiger partial charge in [0, 0.05) is 22.6 Å². The van der Waals surface area contributed by atoms with Crippen LogP contribution in [0.2, 0.25) is 5.02 Å². The normalized spacial score (nSPS) is 26.1. The molecule has 1 fully saturated rings. The molecule has 2 aliphatic heterocycles. The van der Waals surface area contributed by atoms with Gasteiger partial charge in [-0.2, -0.15) is 0 Å². The van der Waals surface area contributed by atoms with E-state index in [1.165, 1.54) is 0 Å². The summed E-state index contributed by atoms with van der Waals surface area (Å²) in [7, 11) is 0. The Kier molecular flexibility index (Phi) is 4.19. The highest BCUT2D eigenvalue weighted by molar-refractivity contribution is 9.10. The van der Waals surface area contributed by atoms with Crippen molar-refractivity contribution in [1.29, 1.82) is 0 Å². The zero-order valence-electron chi connectivity index (χ0n) is 11.1. The standard InChI is InChI=1S/C14H17BrClN3O/c15-9-3-4-11(12(16)6-9)13-7-18-14(17)19(13)8-10-2-1-5-20-10/h3-4,6,10,13H,1-2,5,7-8H2,(H2,17,18). The lowest BCUT2D eigenvalue weighted by molar-refractivity contribution is 0.0853. The number of nitrogens with zero attached hydrogens (tertiary/aromatic N) is 2. The molecule has 6 heteroatoms. The van der Waals surface area contributed by atoms with Gasteiger partial charge < -0.3 is 15.4 Å². The minimum absolute atomic E-state index is 0.111. The molecular formula is C14H17BrClN3O. The summed E-state index contributed by atoms with van der Waals surface area (Å²) in [5.41, 5.74) is 7.10. The smallest absolute Gasteiger partial charge is 0.192 e. The maximum atomic E-state index is 6.36. The number of aliphatic imine (C=N–C) groups is 1. The Labute approximate surface area is 132 Å². The molecule has 2 atom stereocenters. The van der Waals surface area contributed by atoms with Gasteiger partial charge in [-0.05, 0) is 30.5 Å². The molecule has 1 saturated heterocycles. The summed E-state index contributed by atoms with van der Waals surface area (Å²) >= 11 is 9.79. The van der Waals surface area contributed by atoms with E-state index < -0.39 is 0 Å². The first-order valence-electron chi connectivity index (χ1n) is 6.78. The van der Waals surface area contributed by atoms with Crippen LogP contribution in [0, 0.1) is 0 Å². The Bertz CT molecular complexity index is 531. The second-order valence-corrected chi connectivity index (χ2v) is 6.49. The average molecular weight is 359 g/mol. The van der Waals surface area contributed by atoms with E-state index in [9.17, 15) is 0 Å². The molecule has 1 aromatic carbocycles. The Morgan fingerprint density at radius 2 is 2.35 bits per heavy atom. The number of benzene rings is 1. The second-order valence-electron chi connectivity index (χ2n) is 5.17. The Balaban J connectivity index is 1.80. The van der Waals surface area contributed by atoms with E-state index in [-0.39, 0.29) is 12.1 Å². The predicted octanol–water partition coefficient (Wildman–Crippen LogP) is 2.95. The van der Waals surface area contributed by atoms with Gasteiger partial charge in [0.05, 0.1) is 18.7 Å². The van der Waals surface area contributed by atoms with Gasteiger partial charge in [0.1, 0.15) is 0 Å². The monoisotopic (exact) mass is 357 g/mol. The van der Waals surface area contributed by atoms with Crippen molar-refractivity contribution in [1.82, 2.24) is 4.90 Å². The van der Waals surface area contributed by atoms with Crippen molar-refractivity contribution in [3.05, 3.63) is 33.3 Å². The van der Waals surface area contributed by atoms with Crippen LogP contribution in [0.3, 0.4) is 0 Å². The Morgan fingerprint density at radius 1 is 1.50 bits per heavy atom. The maximum absolute atomic E-state index is 6.36. The molecule has 3 rings (SSSR count). The second kappa shape index (κ2) is 5.92. The van der Waals surface area contributed by atoms with Gasteiger partial charge in [-0.3, -0.25) is 4.99 Å². The molecule has 2 heterocycles. The number of ether oxygens (including phenoxy) is 1. The molecule has 0 bridgehead atoms. The van der Waals surface area contributed by atoms with E-state index in [4.69, 9.17) is 22.1 Å². The van der Waals surface area contributed by atoms with Crippen LogP contribution in [0.4, 0.5) is 0 Å². The Hall–Kier alpha value is -0.780.